The Kier molecular flexibility index (Phi) is 4.61. The van der Waals surface area contributed by atoms with Crippen LogP contribution in [0.25, 0.3) is 16.7 Å². The molecule has 0 bridgehead atoms. The Labute approximate surface area is 157 Å². The van der Waals surface area contributed by atoms with Crippen LogP contribution in [-0.2, 0) is 19.3 Å². The summed E-state index contributed by atoms with van der Waals surface area (Å²) in [5.74, 6) is -0.920. The molecule has 0 heterocycles. The fourth-order valence-electron chi connectivity index (χ4n) is 3.62. The van der Waals surface area contributed by atoms with Crippen molar-refractivity contribution in [3.05, 3.63) is 100 Å². The van der Waals surface area contributed by atoms with Crippen LogP contribution in [0.2, 0.25) is 0 Å². The number of allylic oxidation sites excluding steroid dienone is 2. The molecule has 0 aromatic heterocycles. The van der Waals surface area contributed by atoms with Crippen LogP contribution in [0.4, 0.5) is 13.2 Å². The summed E-state index contributed by atoms with van der Waals surface area (Å²) in [5.41, 5.74) is 5.43. The second-order valence-corrected chi connectivity index (χ2v) is 6.89. The summed E-state index contributed by atoms with van der Waals surface area (Å²) in [6.45, 7) is 1.99. The topological polar surface area (TPSA) is 0 Å². The standard InChI is InChI=1S/C24H19F3/c1-2-15-3-10-21(23(26)11-15)18-5-4-17-13-22(24(27)14-19(17)12-18)16-6-8-20(25)9-7-16/h3,5-11,13-14H,2,4,12H2,1H3. The lowest BCUT2D eigenvalue weighted by atomic mass is 9.86. The number of aryl methyl sites for hydroxylation is 1. The van der Waals surface area contributed by atoms with E-state index in [2.05, 4.69) is 0 Å². The summed E-state index contributed by atoms with van der Waals surface area (Å²) in [5, 5.41) is 0. The third kappa shape index (κ3) is 3.42. The Morgan fingerprint density at radius 3 is 2.22 bits per heavy atom. The van der Waals surface area contributed by atoms with Crippen LogP contribution in [0, 0.1) is 17.5 Å². The van der Waals surface area contributed by atoms with E-state index in [9.17, 15) is 13.2 Å². The van der Waals surface area contributed by atoms with Gasteiger partial charge in [0.25, 0.3) is 0 Å². The number of benzene rings is 3. The van der Waals surface area contributed by atoms with E-state index in [4.69, 9.17) is 0 Å². The van der Waals surface area contributed by atoms with Crippen LogP contribution in [0.15, 0.2) is 60.7 Å². The van der Waals surface area contributed by atoms with Crippen LogP contribution in [-0.4, -0.2) is 0 Å². The van der Waals surface area contributed by atoms with E-state index < -0.39 is 0 Å². The maximum Gasteiger partial charge on any atom is 0.131 e. The second kappa shape index (κ2) is 7.07. The molecule has 0 spiro atoms. The van der Waals surface area contributed by atoms with Gasteiger partial charge in [0.05, 0.1) is 0 Å². The Hall–Kier alpha value is -2.81. The van der Waals surface area contributed by atoms with E-state index in [1.165, 1.54) is 18.2 Å². The largest absolute Gasteiger partial charge is 0.207 e. The molecule has 0 radical (unpaired) electrons. The number of hydrogen-bond acceptors (Lipinski definition) is 0. The lowest BCUT2D eigenvalue weighted by Crippen LogP contribution is -2.06. The highest BCUT2D eigenvalue weighted by atomic mass is 19.1. The predicted molar refractivity (Wildman–Crippen MR) is 103 cm³/mol. The summed E-state index contributed by atoms with van der Waals surface area (Å²) in [4.78, 5) is 0. The molecule has 0 atom stereocenters. The number of halogens is 3. The van der Waals surface area contributed by atoms with Gasteiger partial charge < -0.3 is 0 Å². The van der Waals surface area contributed by atoms with E-state index in [-0.39, 0.29) is 17.5 Å². The van der Waals surface area contributed by atoms with E-state index >= 15 is 0 Å². The molecule has 1 aliphatic rings. The van der Waals surface area contributed by atoms with Crippen molar-refractivity contribution in [3.8, 4) is 11.1 Å². The summed E-state index contributed by atoms with van der Waals surface area (Å²) < 4.78 is 42.3. The molecular weight excluding hydrogens is 345 g/mol. The molecule has 0 saturated carbocycles. The Bertz CT molecular complexity index is 1030. The van der Waals surface area contributed by atoms with Gasteiger partial charge >= 0.3 is 0 Å². The number of hydrogen-bond donors (Lipinski definition) is 0. The molecule has 3 aromatic carbocycles. The van der Waals surface area contributed by atoms with Crippen molar-refractivity contribution in [2.45, 2.75) is 26.2 Å². The van der Waals surface area contributed by atoms with E-state index in [0.717, 1.165) is 28.7 Å². The monoisotopic (exact) mass is 364 g/mol. The predicted octanol–water partition coefficient (Wildman–Crippen LogP) is 6.52. The molecule has 27 heavy (non-hydrogen) atoms. The van der Waals surface area contributed by atoms with Crippen molar-refractivity contribution in [2.24, 2.45) is 0 Å². The molecule has 136 valence electrons. The molecule has 0 saturated heterocycles. The van der Waals surface area contributed by atoms with E-state index in [1.807, 2.05) is 31.2 Å². The van der Waals surface area contributed by atoms with Crippen molar-refractivity contribution in [3.63, 3.8) is 0 Å². The smallest absolute Gasteiger partial charge is 0.131 e. The van der Waals surface area contributed by atoms with Crippen LogP contribution >= 0.6 is 0 Å². The Morgan fingerprint density at radius 2 is 1.52 bits per heavy atom. The molecule has 4 rings (SSSR count). The molecule has 1 aliphatic carbocycles. The summed E-state index contributed by atoms with van der Waals surface area (Å²) in [7, 11) is 0. The van der Waals surface area contributed by atoms with Crippen molar-refractivity contribution in [1.29, 1.82) is 0 Å². The van der Waals surface area contributed by atoms with E-state index in [1.54, 1.807) is 18.2 Å². The quantitative estimate of drug-likeness (QED) is 0.497. The minimum Gasteiger partial charge on any atom is -0.207 e. The summed E-state index contributed by atoms with van der Waals surface area (Å²) >= 11 is 0. The third-order valence-corrected chi connectivity index (χ3v) is 5.18. The zero-order valence-electron chi connectivity index (χ0n) is 15.0. The van der Waals surface area contributed by atoms with Gasteiger partial charge in [-0.1, -0.05) is 37.3 Å². The highest BCUT2D eigenvalue weighted by Crippen LogP contribution is 2.33. The summed E-state index contributed by atoms with van der Waals surface area (Å²) in [6.07, 6.45) is 3.92. The molecule has 0 nitrogen and oxygen atoms in total. The molecule has 3 heteroatoms. The lowest BCUT2D eigenvalue weighted by Gasteiger charge is -2.20. The Balaban J connectivity index is 1.67. The van der Waals surface area contributed by atoms with Crippen LogP contribution < -0.4 is 0 Å². The zero-order valence-corrected chi connectivity index (χ0v) is 15.0. The first-order valence-corrected chi connectivity index (χ1v) is 9.10. The average molecular weight is 364 g/mol. The second-order valence-electron chi connectivity index (χ2n) is 6.89. The minimum absolute atomic E-state index is 0.229. The number of rotatable bonds is 3. The first kappa shape index (κ1) is 17.6. The molecule has 0 N–H and O–H groups in total. The normalized spacial score (nSPS) is 13.3. The number of fused-ring (bicyclic) bond motifs is 1. The maximum absolute atomic E-state index is 14.7. The zero-order chi connectivity index (χ0) is 19.0. The lowest BCUT2D eigenvalue weighted by molar-refractivity contribution is 0.620. The molecule has 0 aliphatic heterocycles. The molecular formula is C24H19F3. The van der Waals surface area contributed by atoms with Gasteiger partial charge in [-0.25, -0.2) is 13.2 Å². The SMILES string of the molecule is CCc1ccc(C2=CCc3cc(-c4ccc(F)cc4)c(F)cc3C2)c(F)c1. The molecule has 3 aromatic rings. The third-order valence-electron chi connectivity index (χ3n) is 5.18. The fourth-order valence-corrected chi connectivity index (χ4v) is 3.62. The van der Waals surface area contributed by atoms with Gasteiger partial charge in [-0.15, -0.1) is 0 Å². The molecule has 0 fully saturated rings. The van der Waals surface area contributed by atoms with Crippen LogP contribution in [0.3, 0.4) is 0 Å². The fraction of sp³-hybridized carbons (Fsp3) is 0.167. The van der Waals surface area contributed by atoms with Crippen LogP contribution in [0.1, 0.15) is 29.2 Å². The Morgan fingerprint density at radius 1 is 0.778 bits per heavy atom. The first-order chi connectivity index (χ1) is 13.0. The van der Waals surface area contributed by atoms with Gasteiger partial charge in [-0.05, 0) is 77.4 Å². The van der Waals surface area contributed by atoms with Gasteiger partial charge in [-0.2, -0.15) is 0 Å². The van der Waals surface area contributed by atoms with Crippen molar-refractivity contribution in [1.82, 2.24) is 0 Å². The first-order valence-electron chi connectivity index (χ1n) is 9.10. The highest BCUT2D eigenvalue weighted by molar-refractivity contribution is 5.73. The molecule has 0 amide bonds. The van der Waals surface area contributed by atoms with Gasteiger partial charge in [0.1, 0.15) is 17.5 Å². The highest BCUT2D eigenvalue weighted by Gasteiger charge is 2.18. The van der Waals surface area contributed by atoms with Crippen LogP contribution in [0.5, 0.6) is 0 Å². The van der Waals surface area contributed by atoms with Gasteiger partial charge in [0.2, 0.25) is 0 Å². The van der Waals surface area contributed by atoms with Gasteiger partial charge in [-0.3, -0.25) is 0 Å². The average Bonchev–Trinajstić information content (AvgIpc) is 2.67. The maximum atomic E-state index is 14.7. The minimum atomic E-state index is -0.346. The van der Waals surface area contributed by atoms with Gasteiger partial charge in [0, 0.05) is 11.1 Å². The van der Waals surface area contributed by atoms with Gasteiger partial charge in [0.15, 0.2) is 0 Å². The van der Waals surface area contributed by atoms with E-state index in [0.29, 0.717) is 29.5 Å². The van der Waals surface area contributed by atoms with Crippen molar-refractivity contribution in [2.75, 3.05) is 0 Å². The molecule has 0 unspecified atom stereocenters. The summed E-state index contributed by atoms with van der Waals surface area (Å²) in [6, 6.07) is 14.5. The van der Waals surface area contributed by atoms with Crippen molar-refractivity contribution >= 4 is 5.57 Å². The van der Waals surface area contributed by atoms with Crippen molar-refractivity contribution < 1.29 is 13.2 Å².